The number of nitrogens with zero attached hydrogens (tertiary/aromatic N) is 1. The van der Waals surface area contributed by atoms with Crippen molar-refractivity contribution in [3.05, 3.63) is 71.8 Å². The fourth-order valence-corrected chi connectivity index (χ4v) is 3.46. The van der Waals surface area contributed by atoms with Gasteiger partial charge in [0.15, 0.2) is 0 Å². The van der Waals surface area contributed by atoms with Gasteiger partial charge in [-0.05, 0) is 31.0 Å². The molecule has 0 N–H and O–H groups in total. The molecule has 1 saturated heterocycles. The summed E-state index contributed by atoms with van der Waals surface area (Å²) in [5.41, 5.74) is 0.0480. The molecule has 2 aromatic carbocycles. The average molecular weight is 400 g/mol. The Labute approximate surface area is 173 Å². The molecule has 0 radical (unpaired) electrons. The molecule has 0 aliphatic carbocycles. The van der Waals surface area contributed by atoms with Crippen LogP contribution in [0.2, 0.25) is 0 Å². The Bertz CT molecular complexity index is 741. The first kappa shape index (κ1) is 22.0. The van der Waals surface area contributed by atoms with Crippen LogP contribution in [0.4, 0.5) is 0 Å². The van der Waals surface area contributed by atoms with Crippen LogP contribution in [-0.4, -0.2) is 43.7 Å². The maximum absolute atomic E-state index is 13.5. The Morgan fingerprint density at radius 1 is 1.07 bits per heavy atom. The molecule has 4 nitrogen and oxygen atoms in total. The number of carbonyl (C=O) groups is 1. The summed E-state index contributed by atoms with van der Waals surface area (Å²) in [5.74, 6) is 2.08. The van der Waals surface area contributed by atoms with Crippen molar-refractivity contribution in [2.75, 3.05) is 26.7 Å². The number of piperidine rings is 1. The second kappa shape index (κ2) is 10.3. The molecular weight excluding hydrogens is 374 g/mol. The highest BCUT2D eigenvalue weighted by Gasteiger charge is 2.46. The summed E-state index contributed by atoms with van der Waals surface area (Å²) in [7, 11) is 2.08. The molecule has 1 aliphatic heterocycles. The molecule has 2 aromatic rings. The first-order chi connectivity index (χ1) is 13.2. The summed E-state index contributed by atoms with van der Waals surface area (Å²) in [5, 5.41) is 0. The van der Waals surface area contributed by atoms with Gasteiger partial charge in [0, 0.05) is 13.1 Å². The molecule has 0 bridgehead atoms. The fraction of sp³-hybridized carbons (Fsp3) is 0.348. The summed E-state index contributed by atoms with van der Waals surface area (Å²) in [4.78, 5) is 15.7. The molecule has 1 heterocycles. The Kier molecular flexibility index (Phi) is 8.07. The fourth-order valence-electron chi connectivity index (χ4n) is 3.46. The van der Waals surface area contributed by atoms with Crippen molar-refractivity contribution in [2.45, 2.75) is 24.5 Å². The van der Waals surface area contributed by atoms with E-state index in [1.165, 1.54) is 0 Å². The van der Waals surface area contributed by atoms with E-state index in [0.29, 0.717) is 11.1 Å². The molecule has 1 aliphatic rings. The van der Waals surface area contributed by atoms with Gasteiger partial charge in [-0.25, -0.2) is 4.79 Å². The van der Waals surface area contributed by atoms with Gasteiger partial charge >= 0.3 is 5.97 Å². The minimum atomic E-state index is -1.38. The van der Waals surface area contributed by atoms with Crippen LogP contribution in [0.3, 0.4) is 0 Å². The molecule has 0 saturated carbocycles. The maximum atomic E-state index is 13.5. The van der Waals surface area contributed by atoms with Gasteiger partial charge in [-0.2, -0.15) is 0 Å². The number of esters is 1. The summed E-state index contributed by atoms with van der Waals surface area (Å²) in [6, 6.07) is 18.8. The number of hydrogen-bond donors (Lipinski definition) is 0. The highest BCUT2D eigenvalue weighted by Crippen LogP contribution is 2.36. The second-order valence-electron chi connectivity index (χ2n) is 6.81. The second-order valence-corrected chi connectivity index (χ2v) is 6.81. The number of ether oxygens (including phenoxy) is 2. The lowest BCUT2D eigenvalue weighted by molar-refractivity contribution is -0.174. The monoisotopic (exact) mass is 399 g/mol. The van der Waals surface area contributed by atoms with Gasteiger partial charge < -0.3 is 14.4 Å². The Hall–Kier alpha value is -2.32. The van der Waals surface area contributed by atoms with Crippen LogP contribution >= 0.6 is 12.4 Å². The lowest BCUT2D eigenvalue weighted by Gasteiger charge is -2.35. The average Bonchev–Trinajstić information content (AvgIpc) is 2.72. The van der Waals surface area contributed by atoms with E-state index in [1.807, 2.05) is 60.7 Å². The summed E-state index contributed by atoms with van der Waals surface area (Å²) >= 11 is 0. The summed E-state index contributed by atoms with van der Waals surface area (Å²) < 4.78 is 12.0. The van der Waals surface area contributed by atoms with Crippen LogP contribution in [0.15, 0.2) is 60.7 Å². The first-order valence-corrected chi connectivity index (χ1v) is 9.25. The standard InChI is InChI=1S/C23H25NO3.ClH/c1-3-18-26-23(19-10-6-4-7-11-19,20-12-8-5-9-13-20)22(25)27-21-14-16-24(2)17-15-21;/h1,4-13,21H,14-18H2,2H3;1H. The SMILES string of the molecule is C#CCOC(C(=O)OC1CCN(C)CC1)(c1ccccc1)c1ccccc1.Cl. The van der Waals surface area contributed by atoms with Crippen LogP contribution in [-0.2, 0) is 19.9 Å². The van der Waals surface area contributed by atoms with E-state index in [4.69, 9.17) is 15.9 Å². The summed E-state index contributed by atoms with van der Waals surface area (Å²) in [6.07, 6.45) is 6.98. The van der Waals surface area contributed by atoms with Crippen molar-refractivity contribution < 1.29 is 14.3 Å². The van der Waals surface area contributed by atoms with Crippen molar-refractivity contribution in [3.8, 4) is 12.3 Å². The van der Waals surface area contributed by atoms with E-state index in [0.717, 1.165) is 25.9 Å². The number of benzene rings is 2. The van der Waals surface area contributed by atoms with Crippen molar-refractivity contribution >= 4 is 18.4 Å². The molecule has 0 aromatic heterocycles. The molecule has 28 heavy (non-hydrogen) atoms. The highest BCUT2D eigenvalue weighted by molar-refractivity contribution is 5.86. The molecule has 0 spiro atoms. The van der Waals surface area contributed by atoms with E-state index in [1.54, 1.807) is 0 Å². The molecule has 0 unspecified atom stereocenters. The minimum Gasteiger partial charge on any atom is -0.460 e. The Balaban J connectivity index is 0.00000280. The molecule has 3 rings (SSSR count). The van der Waals surface area contributed by atoms with Crippen LogP contribution in [0, 0.1) is 12.3 Å². The molecule has 0 amide bonds. The lowest BCUT2D eigenvalue weighted by atomic mass is 9.85. The first-order valence-electron chi connectivity index (χ1n) is 9.25. The summed E-state index contributed by atoms with van der Waals surface area (Å²) in [6.45, 7) is 1.83. The largest absolute Gasteiger partial charge is 0.460 e. The number of terminal acetylenes is 1. The van der Waals surface area contributed by atoms with E-state index in [2.05, 4.69) is 17.9 Å². The third-order valence-corrected chi connectivity index (χ3v) is 4.96. The zero-order valence-corrected chi connectivity index (χ0v) is 16.9. The number of rotatable bonds is 6. The third-order valence-electron chi connectivity index (χ3n) is 4.96. The van der Waals surface area contributed by atoms with Crippen molar-refractivity contribution in [1.29, 1.82) is 0 Å². The van der Waals surface area contributed by atoms with E-state index >= 15 is 0 Å². The van der Waals surface area contributed by atoms with Crippen LogP contribution in [0.1, 0.15) is 24.0 Å². The van der Waals surface area contributed by atoms with Gasteiger partial charge in [-0.3, -0.25) is 0 Å². The van der Waals surface area contributed by atoms with Crippen molar-refractivity contribution in [3.63, 3.8) is 0 Å². The normalized spacial score (nSPS) is 15.3. The minimum absolute atomic E-state index is 0. The number of halogens is 1. The molecule has 148 valence electrons. The van der Waals surface area contributed by atoms with Gasteiger partial charge in [0.05, 0.1) is 0 Å². The Morgan fingerprint density at radius 3 is 2.04 bits per heavy atom. The number of likely N-dealkylation sites (tertiary alicyclic amines) is 1. The smallest absolute Gasteiger partial charge is 0.348 e. The van der Waals surface area contributed by atoms with Gasteiger partial charge in [0.2, 0.25) is 5.60 Å². The van der Waals surface area contributed by atoms with Gasteiger partial charge in [0.25, 0.3) is 0 Å². The van der Waals surface area contributed by atoms with Crippen LogP contribution in [0.5, 0.6) is 0 Å². The Morgan fingerprint density at radius 2 is 1.57 bits per heavy atom. The zero-order valence-electron chi connectivity index (χ0n) is 16.0. The van der Waals surface area contributed by atoms with Crippen molar-refractivity contribution in [1.82, 2.24) is 4.90 Å². The zero-order chi connectivity index (χ0) is 19.1. The maximum Gasteiger partial charge on any atom is 0.348 e. The van der Waals surface area contributed by atoms with Gasteiger partial charge in [-0.1, -0.05) is 66.6 Å². The molecule has 5 heteroatoms. The topological polar surface area (TPSA) is 38.8 Å². The molecular formula is C23H26ClNO3. The van der Waals surface area contributed by atoms with Crippen LogP contribution < -0.4 is 0 Å². The highest BCUT2D eigenvalue weighted by atomic mass is 35.5. The van der Waals surface area contributed by atoms with Gasteiger partial charge in [0.1, 0.15) is 12.7 Å². The molecule has 1 fully saturated rings. The van der Waals surface area contributed by atoms with Gasteiger partial charge in [-0.15, -0.1) is 18.8 Å². The quantitative estimate of drug-likeness (QED) is 0.549. The number of carbonyl (C=O) groups excluding carboxylic acids is 1. The van der Waals surface area contributed by atoms with Crippen molar-refractivity contribution in [2.24, 2.45) is 0 Å². The predicted molar refractivity (Wildman–Crippen MR) is 112 cm³/mol. The predicted octanol–water partition coefficient (Wildman–Crippen LogP) is 3.64. The van der Waals surface area contributed by atoms with E-state index < -0.39 is 11.6 Å². The molecule has 0 atom stereocenters. The van der Waals surface area contributed by atoms with E-state index in [9.17, 15) is 4.79 Å². The third kappa shape index (κ3) is 4.74. The lowest BCUT2D eigenvalue weighted by Crippen LogP contribution is -2.45. The van der Waals surface area contributed by atoms with E-state index in [-0.39, 0.29) is 25.1 Å². The van der Waals surface area contributed by atoms with Crippen LogP contribution in [0.25, 0.3) is 0 Å². The number of hydrogen-bond acceptors (Lipinski definition) is 4.